The Balaban J connectivity index is 1.57. The number of hydrogen-bond acceptors (Lipinski definition) is 3. The molecule has 1 amide bonds. The minimum Gasteiger partial charge on any atom is -0.465 e. The van der Waals surface area contributed by atoms with E-state index in [9.17, 15) is 4.79 Å². The highest BCUT2D eigenvalue weighted by atomic mass is 16.3. The van der Waals surface area contributed by atoms with Crippen molar-refractivity contribution in [1.82, 2.24) is 10.2 Å². The zero-order chi connectivity index (χ0) is 14.9. The highest BCUT2D eigenvalue weighted by Gasteiger charge is 2.17. The summed E-state index contributed by atoms with van der Waals surface area (Å²) in [5, 5.41) is 2.91. The van der Waals surface area contributed by atoms with Gasteiger partial charge in [-0.15, -0.1) is 0 Å². The molecule has 1 aromatic rings. The van der Waals surface area contributed by atoms with Gasteiger partial charge in [-0.1, -0.05) is 19.3 Å². The third-order valence-electron chi connectivity index (χ3n) is 4.13. The summed E-state index contributed by atoms with van der Waals surface area (Å²) in [5.74, 6) is 0.633. The molecule has 116 valence electrons. The second-order valence-corrected chi connectivity index (χ2v) is 5.77. The fourth-order valence-corrected chi connectivity index (χ4v) is 2.85. The molecule has 1 heterocycles. The maximum absolute atomic E-state index is 11.6. The Morgan fingerprint density at radius 1 is 1.43 bits per heavy atom. The van der Waals surface area contributed by atoms with Gasteiger partial charge in [-0.05, 0) is 51.1 Å². The summed E-state index contributed by atoms with van der Waals surface area (Å²) in [4.78, 5) is 14.1. The zero-order valence-corrected chi connectivity index (χ0v) is 12.9. The largest absolute Gasteiger partial charge is 0.465 e. The molecule has 0 aromatic carbocycles. The summed E-state index contributed by atoms with van der Waals surface area (Å²) < 4.78 is 5.13. The summed E-state index contributed by atoms with van der Waals surface area (Å²) in [6.07, 6.45) is 12.6. The van der Waals surface area contributed by atoms with Gasteiger partial charge in [0.1, 0.15) is 5.76 Å². The van der Waals surface area contributed by atoms with Crippen molar-refractivity contribution in [3.63, 3.8) is 0 Å². The zero-order valence-electron chi connectivity index (χ0n) is 12.9. The topological polar surface area (TPSA) is 45.5 Å². The van der Waals surface area contributed by atoms with Crippen molar-refractivity contribution in [1.29, 1.82) is 0 Å². The fraction of sp³-hybridized carbons (Fsp3) is 0.588. The second kappa shape index (κ2) is 8.67. The summed E-state index contributed by atoms with van der Waals surface area (Å²) >= 11 is 0. The van der Waals surface area contributed by atoms with Crippen molar-refractivity contribution in [2.45, 2.75) is 44.6 Å². The van der Waals surface area contributed by atoms with E-state index >= 15 is 0 Å². The Hall–Kier alpha value is -1.55. The molecule has 1 aliphatic carbocycles. The Labute approximate surface area is 127 Å². The molecule has 4 heteroatoms. The monoisotopic (exact) mass is 290 g/mol. The molecule has 4 nitrogen and oxygen atoms in total. The number of rotatable bonds is 7. The summed E-state index contributed by atoms with van der Waals surface area (Å²) in [5.41, 5.74) is 0. The van der Waals surface area contributed by atoms with E-state index in [4.69, 9.17) is 4.42 Å². The quantitative estimate of drug-likeness (QED) is 0.620. The average molecular weight is 290 g/mol. The van der Waals surface area contributed by atoms with E-state index in [0.29, 0.717) is 5.76 Å². The van der Waals surface area contributed by atoms with Crippen LogP contribution in [0.5, 0.6) is 0 Å². The first-order valence-corrected chi connectivity index (χ1v) is 7.95. The molecule has 0 unspecified atom stereocenters. The number of nitrogens with one attached hydrogen (secondary N) is 1. The smallest absolute Gasteiger partial charge is 0.244 e. The van der Waals surface area contributed by atoms with Crippen LogP contribution >= 0.6 is 0 Å². The highest BCUT2D eigenvalue weighted by molar-refractivity contribution is 5.91. The molecule has 2 rings (SSSR count). The first kappa shape index (κ1) is 15.8. The number of carbonyl (C=O) groups excluding carboxylic acids is 1. The normalized spacial score (nSPS) is 16.7. The third kappa shape index (κ3) is 5.76. The fourth-order valence-electron chi connectivity index (χ4n) is 2.85. The molecular weight excluding hydrogens is 264 g/mol. The lowest BCUT2D eigenvalue weighted by molar-refractivity contribution is -0.116. The molecule has 0 aliphatic heterocycles. The van der Waals surface area contributed by atoms with Crippen LogP contribution in [-0.2, 0) is 4.79 Å². The minimum atomic E-state index is -0.0632. The van der Waals surface area contributed by atoms with E-state index in [2.05, 4.69) is 17.3 Å². The van der Waals surface area contributed by atoms with Gasteiger partial charge in [-0.25, -0.2) is 0 Å². The van der Waals surface area contributed by atoms with Gasteiger partial charge in [0.15, 0.2) is 0 Å². The standard InChI is InChI=1S/C17H26N2O2/c1-19(15-7-3-2-4-8-15)13-6-12-18-17(20)11-10-16-9-5-14-21-16/h5,9-11,14-15H,2-4,6-8,12-13H2,1H3,(H,18,20)/b11-10+. The van der Waals surface area contributed by atoms with Crippen LogP contribution in [-0.4, -0.2) is 37.0 Å². The van der Waals surface area contributed by atoms with Gasteiger partial charge >= 0.3 is 0 Å². The predicted octanol–water partition coefficient (Wildman–Crippen LogP) is 3.06. The Morgan fingerprint density at radius 3 is 2.95 bits per heavy atom. The van der Waals surface area contributed by atoms with Gasteiger partial charge in [-0.2, -0.15) is 0 Å². The van der Waals surface area contributed by atoms with Gasteiger partial charge in [0.25, 0.3) is 0 Å². The Kier molecular flexibility index (Phi) is 6.54. The van der Waals surface area contributed by atoms with Gasteiger partial charge in [0, 0.05) is 18.7 Å². The number of hydrogen-bond donors (Lipinski definition) is 1. The van der Waals surface area contributed by atoms with E-state index < -0.39 is 0 Å². The molecule has 1 aromatic heterocycles. The van der Waals surface area contributed by atoms with Crippen LogP contribution in [0, 0.1) is 0 Å². The van der Waals surface area contributed by atoms with E-state index in [-0.39, 0.29) is 5.91 Å². The predicted molar refractivity (Wildman–Crippen MR) is 84.9 cm³/mol. The van der Waals surface area contributed by atoms with Crippen LogP contribution in [0.2, 0.25) is 0 Å². The van der Waals surface area contributed by atoms with Crippen LogP contribution in [0.25, 0.3) is 6.08 Å². The van der Waals surface area contributed by atoms with Gasteiger partial charge in [0.05, 0.1) is 6.26 Å². The number of nitrogens with zero attached hydrogens (tertiary/aromatic N) is 1. The average Bonchev–Trinajstić information content (AvgIpc) is 3.03. The minimum absolute atomic E-state index is 0.0632. The van der Waals surface area contributed by atoms with Crippen LogP contribution in [0.15, 0.2) is 28.9 Å². The van der Waals surface area contributed by atoms with Crippen LogP contribution in [0.4, 0.5) is 0 Å². The lowest BCUT2D eigenvalue weighted by Crippen LogP contribution is -2.35. The van der Waals surface area contributed by atoms with Crippen molar-refractivity contribution >= 4 is 12.0 Å². The first-order valence-electron chi connectivity index (χ1n) is 7.95. The lowest BCUT2D eigenvalue weighted by atomic mass is 9.94. The number of furan rings is 1. The Bertz CT molecular complexity index is 434. The first-order chi connectivity index (χ1) is 10.3. The molecule has 0 atom stereocenters. The Morgan fingerprint density at radius 2 is 2.24 bits per heavy atom. The molecule has 1 N–H and O–H groups in total. The summed E-state index contributed by atoms with van der Waals surface area (Å²) in [6, 6.07) is 4.37. The molecule has 1 saturated carbocycles. The molecule has 0 spiro atoms. The lowest BCUT2D eigenvalue weighted by Gasteiger charge is -2.31. The molecule has 1 fully saturated rings. The molecule has 21 heavy (non-hydrogen) atoms. The van der Waals surface area contributed by atoms with E-state index in [0.717, 1.165) is 25.6 Å². The molecule has 0 bridgehead atoms. The maximum atomic E-state index is 11.6. The van der Waals surface area contributed by atoms with E-state index in [1.807, 2.05) is 6.07 Å². The van der Waals surface area contributed by atoms with Crippen LogP contribution in [0.3, 0.4) is 0 Å². The molecule has 1 aliphatic rings. The summed E-state index contributed by atoms with van der Waals surface area (Å²) in [7, 11) is 2.20. The molecule has 0 radical (unpaired) electrons. The van der Waals surface area contributed by atoms with Gasteiger partial charge < -0.3 is 14.6 Å². The molecular formula is C17H26N2O2. The van der Waals surface area contributed by atoms with Crippen molar-refractivity contribution in [3.05, 3.63) is 30.2 Å². The van der Waals surface area contributed by atoms with Crippen LogP contribution in [0.1, 0.15) is 44.3 Å². The van der Waals surface area contributed by atoms with Crippen molar-refractivity contribution in [3.8, 4) is 0 Å². The number of amides is 1. The van der Waals surface area contributed by atoms with Gasteiger partial charge in [0.2, 0.25) is 5.91 Å². The van der Waals surface area contributed by atoms with Crippen molar-refractivity contribution in [2.24, 2.45) is 0 Å². The third-order valence-corrected chi connectivity index (χ3v) is 4.13. The maximum Gasteiger partial charge on any atom is 0.244 e. The van der Waals surface area contributed by atoms with Crippen molar-refractivity contribution < 1.29 is 9.21 Å². The van der Waals surface area contributed by atoms with E-state index in [1.165, 1.54) is 38.2 Å². The van der Waals surface area contributed by atoms with E-state index in [1.54, 1.807) is 18.4 Å². The van der Waals surface area contributed by atoms with Gasteiger partial charge in [-0.3, -0.25) is 4.79 Å². The SMILES string of the molecule is CN(CCCNC(=O)/C=C/c1ccco1)C1CCCCC1. The highest BCUT2D eigenvalue weighted by Crippen LogP contribution is 2.21. The number of carbonyl (C=O) groups is 1. The van der Waals surface area contributed by atoms with Crippen LogP contribution < -0.4 is 5.32 Å². The van der Waals surface area contributed by atoms with Crippen molar-refractivity contribution in [2.75, 3.05) is 20.1 Å². The second-order valence-electron chi connectivity index (χ2n) is 5.77. The summed E-state index contributed by atoms with van der Waals surface area (Å²) in [6.45, 7) is 1.77. The molecule has 0 saturated heterocycles.